The second kappa shape index (κ2) is 7.87. The third-order valence-electron chi connectivity index (χ3n) is 4.04. The molecule has 0 amide bonds. The first kappa shape index (κ1) is 17.7. The van der Waals surface area contributed by atoms with Crippen molar-refractivity contribution in [1.29, 1.82) is 0 Å². The number of hydrogen-bond acceptors (Lipinski definition) is 4. The molecule has 0 aliphatic heterocycles. The number of nitrogens with zero attached hydrogens (tertiary/aromatic N) is 1. The number of carbonyl (C=O) groups is 1. The molecule has 2 aromatic carbocycles. The van der Waals surface area contributed by atoms with Crippen LogP contribution in [0.1, 0.15) is 30.6 Å². The lowest BCUT2D eigenvalue weighted by Gasteiger charge is -2.08. The number of carboxylic acids is 1. The maximum Gasteiger partial charge on any atom is 0.335 e. The lowest BCUT2D eigenvalue weighted by Crippen LogP contribution is -2.01. The standard InChI is InChI=1S/C21H21NO4/c1-14(2)11-12-25-18-9-7-16(8-10-18)20-13-19(22-26-20)15-3-5-17(6-4-15)21(23)24/h3-10,13-14H,11-12H2,1-2H3,(H,23,24). The molecule has 1 aromatic heterocycles. The van der Waals surface area contributed by atoms with E-state index in [1.54, 1.807) is 24.3 Å². The van der Waals surface area contributed by atoms with Crippen molar-refractivity contribution in [3.63, 3.8) is 0 Å². The zero-order valence-corrected chi connectivity index (χ0v) is 14.8. The molecular formula is C21H21NO4. The van der Waals surface area contributed by atoms with E-state index in [1.165, 1.54) is 0 Å². The zero-order valence-electron chi connectivity index (χ0n) is 14.8. The van der Waals surface area contributed by atoms with Crippen LogP contribution in [0.5, 0.6) is 5.75 Å². The summed E-state index contributed by atoms with van der Waals surface area (Å²) in [5.41, 5.74) is 2.61. The van der Waals surface area contributed by atoms with Crippen LogP contribution in [0.25, 0.3) is 22.6 Å². The maximum absolute atomic E-state index is 10.9. The summed E-state index contributed by atoms with van der Waals surface area (Å²) >= 11 is 0. The molecule has 0 atom stereocenters. The SMILES string of the molecule is CC(C)CCOc1ccc(-c2cc(-c3ccc(C(=O)O)cc3)no2)cc1. The van der Waals surface area contributed by atoms with Crippen molar-refractivity contribution in [3.05, 3.63) is 60.2 Å². The largest absolute Gasteiger partial charge is 0.494 e. The first-order valence-electron chi connectivity index (χ1n) is 8.56. The average Bonchev–Trinajstić information content (AvgIpc) is 3.12. The van der Waals surface area contributed by atoms with E-state index in [0.29, 0.717) is 24.0 Å². The van der Waals surface area contributed by atoms with E-state index in [-0.39, 0.29) is 5.56 Å². The van der Waals surface area contributed by atoms with Gasteiger partial charge >= 0.3 is 5.97 Å². The van der Waals surface area contributed by atoms with Crippen LogP contribution in [0.3, 0.4) is 0 Å². The number of aromatic nitrogens is 1. The molecule has 1 heterocycles. The molecule has 5 nitrogen and oxygen atoms in total. The van der Waals surface area contributed by atoms with Gasteiger partial charge in [0.05, 0.1) is 12.2 Å². The Kier molecular flexibility index (Phi) is 5.37. The van der Waals surface area contributed by atoms with Crippen LogP contribution in [-0.2, 0) is 0 Å². The van der Waals surface area contributed by atoms with Gasteiger partial charge < -0.3 is 14.4 Å². The van der Waals surface area contributed by atoms with Gasteiger partial charge in [-0.3, -0.25) is 0 Å². The first-order valence-corrected chi connectivity index (χ1v) is 8.56. The summed E-state index contributed by atoms with van der Waals surface area (Å²) in [5, 5.41) is 13.0. The van der Waals surface area contributed by atoms with Crippen LogP contribution in [0.4, 0.5) is 0 Å². The van der Waals surface area contributed by atoms with Crippen LogP contribution < -0.4 is 4.74 Å². The van der Waals surface area contributed by atoms with Crippen LogP contribution in [-0.4, -0.2) is 22.8 Å². The fraction of sp³-hybridized carbons (Fsp3) is 0.238. The Bertz CT molecular complexity index is 864. The molecule has 0 aliphatic rings. The molecule has 0 fully saturated rings. The minimum Gasteiger partial charge on any atom is -0.494 e. The molecular weight excluding hydrogens is 330 g/mol. The lowest BCUT2D eigenvalue weighted by atomic mass is 10.1. The number of ether oxygens (including phenoxy) is 1. The van der Waals surface area contributed by atoms with Gasteiger partial charge in [0.1, 0.15) is 11.4 Å². The normalized spacial score (nSPS) is 10.9. The van der Waals surface area contributed by atoms with Gasteiger partial charge in [0.25, 0.3) is 0 Å². The van der Waals surface area contributed by atoms with Crippen molar-refractivity contribution in [1.82, 2.24) is 5.16 Å². The van der Waals surface area contributed by atoms with Crippen molar-refractivity contribution in [2.45, 2.75) is 20.3 Å². The molecule has 0 unspecified atom stereocenters. The molecule has 0 bridgehead atoms. The van der Waals surface area contributed by atoms with E-state index in [2.05, 4.69) is 19.0 Å². The molecule has 0 spiro atoms. The highest BCUT2D eigenvalue weighted by Crippen LogP contribution is 2.27. The highest BCUT2D eigenvalue weighted by Gasteiger charge is 2.10. The summed E-state index contributed by atoms with van der Waals surface area (Å²) in [5.74, 6) is 1.15. The quantitative estimate of drug-likeness (QED) is 0.639. The zero-order chi connectivity index (χ0) is 18.5. The molecule has 3 rings (SSSR count). The van der Waals surface area contributed by atoms with E-state index >= 15 is 0 Å². The van der Waals surface area contributed by atoms with Crippen molar-refractivity contribution < 1.29 is 19.2 Å². The van der Waals surface area contributed by atoms with Crippen LogP contribution in [0.2, 0.25) is 0 Å². The van der Waals surface area contributed by atoms with Crippen LogP contribution >= 0.6 is 0 Å². The summed E-state index contributed by atoms with van der Waals surface area (Å²) < 4.78 is 11.1. The third kappa shape index (κ3) is 4.30. The highest BCUT2D eigenvalue weighted by molar-refractivity contribution is 5.88. The molecule has 0 radical (unpaired) electrons. The summed E-state index contributed by atoms with van der Waals surface area (Å²) in [6.45, 7) is 5.04. The second-order valence-corrected chi connectivity index (χ2v) is 6.51. The Hall–Kier alpha value is -3.08. The van der Waals surface area contributed by atoms with Crippen LogP contribution in [0.15, 0.2) is 59.1 Å². The minimum absolute atomic E-state index is 0.241. The van der Waals surface area contributed by atoms with Crippen molar-refractivity contribution >= 4 is 5.97 Å². The summed E-state index contributed by atoms with van der Waals surface area (Å²) in [4.78, 5) is 10.9. The maximum atomic E-state index is 10.9. The van der Waals surface area contributed by atoms with Gasteiger partial charge in [0, 0.05) is 17.2 Å². The van der Waals surface area contributed by atoms with Gasteiger partial charge in [-0.05, 0) is 48.7 Å². The number of carboxylic acid groups (broad SMARTS) is 1. The predicted octanol–water partition coefficient (Wildman–Crippen LogP) is 5.13. The monoisotopic (exact) mass is 351 g/mol. The van der Waals surface area contributed by atoms with E-state index in [9.17, 15) is 4.79 Å². The van der Waals surface area contributed by atoms with Gasteiger partial charge in [-0.15, -0.1) is 0 Å². The average molecular weight is 351 g/mol. The fourth-order valence-electron chi connectivity index (χ4n) is 2.46. The van der Waals surface area contributed by atoms with Gasteiger partial charge in [-0.25, -0.2) is 4.79 Å². The summed E-state index contributed by atoms with van der Waals surface area (Å²) in [7, 11) is 0. The van der Waals surface area contributed by atoms with Crippen LogP contribution in [0, 0.1) is 5.92 Å². The topological polar surface area (TPSA) is 72.6 Å². The molecule has 5 heteroatoms. The van der Waals surface area contributed by atoms with Crippen molar-refractivity contribution in [2.75, 3.05) is 6.61 Å². The highest BCUT2D eigenvalue weighted by atomic mass is 16.5. The predicted molar refractivity (Wildman–Crippen MR) is 99.3 cm³/mol. The Labute approximate surface area is 152 Å². The van der Waals surface area contributed by atoms with Gasteiger partial charge in [-0.1, -0.05) is 31.1 Å². The number of hydrogen-bond donors (Lipinski definition) is 1. The Morgan fingerprint density at radius 3 is 2.35 bits per heavy atom. The second-order valence-electron chi connectivity index (χ2n) is 6.51. The van der Waals surface area contributed by atoms with Gasteiger partial charge in [-0.2, -0.15) is 0 Å². The summed E-state index contributed by atoms with van der Waals surface area (Å²) in [6.07, 6.45) is 1.02. The number of aromatic carboxylic acids is 1. The minimum atomic E-state index is -0.951. The van der Waals surface area contributed by atoms with Gasteiger partial charge in [0.2, 0.25) is 0 Å². The van der Waals surface area contributed by atoms with E-state index in [4.69, 9.17) is 14.4 Å². The van der Waals surface area contributed by atoms with E-state index < -0.39 is 5.97 Å². The third-order valence-corrected chi connectivity index (χ3v) is 4.04. The van der Waals surface area contributed by atoms with E-state index in [0.717, 1.165) is 23.3 Å². The molecule has 0 saturated heterocycles. The fourth-order valence-corrected chi connectivity index (χ4v) is 2.46. The number of benzene rings is 2. The Balaban J connectivity index is 1.70. The Morgan fingerprint density at radius 2 is 1.73 bits per heavy atom. The number of rotatable bonds is 7. The lowest BCUT2D eigenvalue weighted by molar-refractivity contribution is 0.0697. The Morgan fingerprint density at radius 1 is 1.08 bits per heavy atom. The molecule has 134 valence electrons. The van der Waals surface area contributed by atoms with Crippen molar-refractivity contribution in [3.8, 4) is 28.3 Å². The summed E-state index contributed by atoms with van der Waals surface area (Å²) in [6, 6.07) is 16.1. The molecule has 3 aromatic rings. The van der Waals surface area contributed by atoms with E-state index in [1.807, 2.05) is 30.3 Å². The molecule has 26 heavy (non-hydrogen) atoms. The van der Waals surface area contributed by atoms with Gasteiger partial charge in [0.15, 0.2) is 5.76 Å². The molecule has 0 saturated carbocycles. The molecule has 0 aliphatic carbocycles. The first-order chi connectivity index (χ1) is 12.5. The smallest absolute Gasteiger partial charge is 0.335 e. The van der Waals surface area contributed by atoms with Crippen molar-refractivity contribution in [2.24, 2.45) is 5.92 Å². The molecule has 1 N–H and O–H groups in total.